The molecule has 1 amide bonds. The Labute approximate surface area is 93.4 Å². The molecular formula is C10H14N4O2. The molecule has 0 saturated carbocycles. The Bertz CT molecular complexity index is 357. The molecule has 1 aliphatic heterocycles. The van der Waals surface area contributed by atoms with Gasteiger partial charge in [-0.15, -0.1) is 5.06 Å². The van der Waals surface area contributed by atoms with E-state index in [1.807, 2.05) is 0 Å². The lowest BCUT2D eigenvalue weighted by Gasteiger charge is -2.31. The summed E-state index contributed by atoms with van der Waals surface area (Å²) in [5.41, 5.74) is 5.31. The van der Waals surface area contributed by atoms with Gasteiger partial charge in [0.2, 0.25) is 5.91 Å². The normalized spacial score (nSPS) is 21.6. The fourth-order valence-corrected chi connectivity index (χ4v) is 1.74. The summed E-state index contributed by atoms with van der Waals surface area (Å²) in [6.07, 6.45) is 5.87. The number of carbonyl (C=O) groups excluding carboxylic acids is 1. The molecule has 0 aromatic carbocycles. The maximum absolute atomic E-state index is 11.2. The zero-order valence-corrected chi connectivity index (χ0v) is 8.87. The third-order valence-corrected chi connectivity index (χ3v) is 2.52. The van der Waals surface area contributed by atoms with Crippen LogP contribution in [-0.4, -0.2) is 33.5 Å². The van der Waals surface area contributed by atoms with Crippen molar-refractivity contribution in [2.45, 2.75) is 25.3 Å². The number of nitrogens with zero attached hydrogens (tertiary/aromatic N) is 3. The number of hydrogen-bond acceptors (Lipinski definition) is 5. The summed E-state index contributed by atoms with van der Waals surface area (Å²) >= 11 is 0. The molecule has 2 rings (SSSR count). The molecule has 1 aliphatic rings. The standard InChI is InChI=1S/C10H14N4O2/c11-9(15)8-4-1-2-7-14(8)16-10-12-5-3-6-13-10/h3,5-6,8H,1-2,4,7H2,(H2,11,15)/t8-/m1/s1. The minimum atomic E-state index is -0.377. The molecule has 1 saturated heterocycles. The van der Waals surface area contributed by atoms with Crippen LogP contribution in [0.1, 0.15) is 19.3 Å². The first-order chi connectivity index (χ1) is 7.77. The Balaban J connectivity index is 2.04. The van der Waals surface area contributed by atoms with Gasteiger partial charge in [-0.3, -0.25) is 4.79 Å². The topological polar surface area (TPSA) is 81.3 Å². The molecule has 86 valence electrons. The molecule has 2 N–H and O–H groups in total. The Morgan fingerprint density at radius 2 is 2.19 bits per heavy atom. The lowest BCUT2D eigenvalue weighted by atomic mass is 10.0. The number of amides is 1. The van der Waals surface area contributed by atoms with E-state index < -0.39 is 0 Å². The number of nitrogens with two attached hydrogens (primary N) is 1. The van der Waals surface area contributed by atoms with E-state index in [0.29, 0.717) is 6.54 Å². The highest BCUT2D eigenvalue weighted by atomic mass is 16.7. The fourth-order valence-electron chi connectivity index (χ4n) is 1.74. The number of hydroxylamine groups is 2. The lowest BCUT2D eigenvalue weighted by Crippen LogP contribution is -2.49. The van der Waals surface area contributed by atoms with Crippen molar-refractivity contribution < 1.29 is 9.63 Å². The van der Waals surface area contributed by atoms with Gasteiger partial charge in [0.25, 0.3) is 0 Å². The monoisotopic (exact) mass is 222 g/mol. The van der Waals surface area contributed by atoms with Crippen LogP contribution in [0, 0.1) is 0 Å². The molecule has 0 bridgehead atoms. The highest BCUT2D eigenvalue weighted by Crippen LogP contribution is 2.17. The number of carbonyl (C=O) groups is 1. The van der Waals surface area contributed by atoms with E-state index in [9.17, 15) is 4.79 Å². The van der Waals surface area contributed by atoms with Crippen LogP contribution >= 0.6 is 0 Å². The fraction of sp³-hybridized carbons (Fsp3) is 0.500. The Hall–Kier alpha value is -1.69. The predicted octanol–water partition coefficient (Wildman–Crippen LogP) is 0.110. The predicted molar refractivity (Wildman–Crippen MR) is 56.2 cm³/mol. The molecular weight excluding hydrogens is 208 g/mol. The number of rotatable bonds is 3. The molecule has 0 aliphatic carbocycles. The van der Waals surface area contributed by atoms with Crippen molar-refractivity contribution in [3.8, 4) is 6.01 Å². The van der Waals surface area contributed by atoms with Crippen LogP contribution in [0.2, 0.25) is 0 Å². The number of primary amides is 1. The molecule has 6 heteroatoms. The first kappa shape index (κ1) is 10.8. The molecule has 1 fully saturated rings. The molecule has 1 aromatic rings. The van der Waals surface area contributed by atoms with Gasteiger partial charge < -0.3 is 10.6 Å². The molecule has 6 nitrogen and oxygen atoms in total. The Morgan fingerprint density at radius 3 is 2.88 bits per heavy atom. The quantitative estimate of drug-likeness (QED) is 0.785. The van der Waals surface area contributed by atoms with Gasteiger partial charge in [0.15, 0.2) is 0 Å². The van der Waals surface area contributed by atoms with Crippen molar-refractivity contribution in [1.82, 2.24) is 15.0 Å². The second kappa shape index (κ2) is 4.89. The number of piperidine rings is 1. The number of hydrogen-bond donors (Lipinski definition) is 1. The van der Waals surface area contributed by atoms with Gasteiger partial charge in [-0.1, -0.05) is 0 Å². The van der Waals surface area contributed by atoms with Gasteiger partial charge in [-0.05, 0) is 25.3 Å². The van der Waals surface area contributed by atoms with Gasteiger partial charge in [0, 0.05) is 18.9 Å². The van der Waals surface area contributed by atoms with E-state index in [4.69, 9.17) is 10.6 Å². The first-order valence-electron chi connectivity index (χ1n) is 5.28. The summed E-state index contributed by atoms with van der Waals surface area (Å²) in [6.45, 7) is 0.672. The van der Waals surface area contributed by atoms with Crippen molar-refractivity contribution in [3.63, 3.8) is 0 Å². The van der Waals surface area contributed by atoms with Crippen LogP contribution in [0.15, 0.2) is 18.5 Å². The van der Waals surface area contributed by atoms with Crippen LogP contribution in [0.25, 0.3) is 0 Å². The summed E-state index contributed by atoms with van der Waals surface area (Å²) < 4.78 is 0. The van der Waals surface area contributed by atoms with Gasteiger partial charge in [0.1, 0.15) is 6.04 Å². The maximum Gasteiger partial charge on any atom is 0.335 e. The maximum atomic E-state index is 11.2. The van der Waals surface area contributed by atoms with Crippen LogP contribution in [0.4, 0.5) is 0 Å². The van der Waals surface area contributed by atoms with Crippen molar-refractivity contribution >= 4 is 5.91 Å². The van der Waals surface area contributed by atoms with E-state index in [1.165, 1.54) is 0 Å². The summed E-state index contributed by atoms with van der Waals surface area (Å²) in [5, 5.41) is 1.57. The second-order valence-electron chi connectivity index (χ2n) is 3.68. The van der Waals surface area contributed by atoms with Crippen molar-refractivity contribution in [2.24, 2.45) is 5.73 Å². The van der Waals surface area contributed by atoms with E-state index in [1.54, 1.807) is 23.5 Å². The van der Waals surface area contributed by atoms with E-state index >= 15 is 0 Å². The van der Waals surface area contributed by atoms with E-state index in [0.717, 1.165) is 19.3 Å². The summed E-state index contributed by atoms with van der Waals surface area (Å²) in [4.78, 5) is 24.5. The van der Waals surface area contributed by atoms with E-state index in [2.05, 4.69) is 9.97 Å². The molecule has 0 radical (unpaired) electrons. The summed E-state index contributed by atoms with van der Waals surface area (Å²) in [5.74, 6) is -0.365. The summed E-state index contributed by atoms with van der Waals surface area (Å²) in [6, 6.07) is 1.57. The third-order valence-electron chi connectivity index (χ3n) is 2.52. The molecule has 2 heterocycles. The molecule has 1 atom stereocenters. The largest absolute Gasteiger partial charge is 0.368 e. The smallest absolute Gasteiger partial charge is 0.335 e. The van der Waals surface area contributed by atoms with Gasteiger partial charge in [0.05, 0.1) is 0 Å². The molecule has 0 unspecified atom stereocenters. The Kier molecular flexibility index (Phi) is 3.31. The molecule has 0 spiro atoms. The van der Waals surface area contributed by atoms with Crippen molar-refractivity contribution in [2.75, 3.05) is 6.54 Å². The Morgan fingerprint density at radius 1 is 1.44 bits per heavy atom. The van der Waals surface area contributed by atoms with Gasteiger partial charge >= 0.3 is 6.01 Å². The third kappa shape index (κ3) is 2.46. The highest BCUT2D eigenvalue weighted by molar-refractivity contribution is 5.79. The lowest BCUT2D eigenvalue weighted by molar-refractivity contribution is -0.149. The average Bonchev–Trinajstić information content (AvgIpc) is 2.31. The van der Waals surface area contributed by atoms with Crippen LogP contribution < -0.4 is 10.6 Å². The number of aromatic nitrogens is 2. The van der Waals surface area contributed by atoms with Gasteiger partial charge in [-0.2, -0.15) is 0 Å². The average molecular weight is 222 g/mol. The minimum Gasteiger partial charge on any atom is -0.368 e. The summed E-state index contributed by atoms with van der Waals surface area (Å²) in [7, 11) is 0. The molecule has 16 heavy (non-hydrogen) atoms. The molecule has 1 aromatic heterocycles. The second-order valence-corrected chi connectivity index (χ2v) is 3.68. The van der Waals surface area contributed by atoms with Crippen LogP contribution in [-0.2, 0) is 4.79 Å². The minimum absolute atomic E-state index is 0.246. The highest BCUT2D eigenvalue weighted by Gasteiger charge is 2.29. The van der Waals surface area contributed by atoms with E-state index in [-0.39, 0.29) is 18.0 Å². The van der Waals surface area contributed by atoms with Crippen molar-refractivity contribution in [1.29, 1.82) is 0 Å². The zero-order chi connectivity index (χ0) is 11.4. The van der Waals surface area contributed by atoms with Gasteiger partial charge in [-0.25, -0.2) is 9.97 Å². The zero-order valence-electron chi connectivity index (χ0n) is 8.87. The first-order valence-corrected chi connectivity index (χ1v) is 5.28. The van der Waals surface area contributed by atoms with Crippen molar-refractivity contribution in [3.05, 3.63) is 18.5 Å². The SMILES string of the molecule is NC(=O)[C@H]1CCCCN1Oc1ncccn1. The van der Waals surface area contributed by atoms with Crippen LogP contribution in [0.5, 0.6) is 6.01 Å². The van der Waals surface area contributed by atoms with Crippen LogP contribution in [0.3, 0.4) is 0 Å².